The molecule has 0 bridgehead atoms. The average Bonchev–Trinajstić information content (AvgIpc) is 3.36. The maximum Gasteiger partial charge on any atom is 0.282 e. The molecule has 2 aromatic carbocycles. The van der Waals surface area contributed by atoms with Crippen LogP contribution < -0.4 is 25.1 Å². The number of nitrogens with zero attached hydrogens (tertiary/aromatic N) is 7. The van der Waals surface area contributed by atoms with E-state index in [2.05, 4.69) is 30.8 Å². The second kappa shape index (κ2) is 10.2. The van der Waals surface area contributed by atoms with Crippen LogP contribution in [-0.2, 0) is 4.74 Å². The largest absolute Gasteiger partial charge is 0.454 e. The number of hydrogen-bond acceptors (Lipinski definition) is 14. The number of benzene rings is 2. The molecule has 190 valence electrons. The molecule has 0 spiro atoms. The topological polar surface area (TPSA) is 192 Å². The highest BCUT2D eigenvalue weighted by Crippen LogP contribution is 2.37. The Morgan fingerprint density at radius 2 is 1.65 bits per heavy atom. The van der Waals surface area contributed by atoms with Gasteiger partial charge in [0.25, 0.3) is 11.4 Å². The molecule has 16 nitrogen and oxygen atoms in total. The Bertz CT molecular complexity index is 1360. The number of fused-ring (bicyclic) bond motifs is 1. The maximum atomic E-state index is 11.5. The highest BCUT2D eigenvalue weighted by molar-refractivity contribution is 5.87. The molecule has 3 heterocycles. The summed E-state index contributed by atoms with van der Waals surface area (Å²) in [6, 6.07) is 8.50. The van der Waals surface area contributed by atoms with Crippen molar-refractivity contribution in [1.82, 2.24) is 15.0 Å². The van der Waals surface area contributed by atoms with Gasteiger partial charge < -0.3 is 24.4 Å². The second-order valence-corrected chi connectivity index (χ2v) is 7.70. The van der Waals surface area contributed by atoms with Crippen molar-refractivity contribution in [1.29, 1.82) is 0 Å². The smallest absolute Gasteiger partial charge is 0.282 e. The van der Waals surface area contributed by atoms with Crippen molar-refractivity contribution in [2.24, 2.45) is 5.10 Å². The second-order valence-electron chi connectivity index (χ2n) is 7.70. The molecule has 0 atom stereocenters. The number of hydrazone groups is 1. The molecule has 2 N–H and O–H groups in total. The Kier molecular flexibility index (Phi) is 6.54. The van der Waals surface area contributed by atoms with Crippen molar-refractivity contribution in [2.75, 3.05) is 48.7 Å². The molecule has 1 aromatic heterocycles. The maximum absolute atomic E-state index is 11.5. The van der Waals surface area contributed by atoms with Gasteiger partial charge in [-0.1, -0.05) is 0 Å². The fraction of sp³-hybridized carbons (Fsp3) is 0.238. The van der Waals surface area contributed by atoms with Crippen LogP contribution in [0.25, 0.3) is 0 Å². The van der Waals surface area contributed by atoms with E-state index >= 15 is 0 Å². The lowest BCUT2D eigenvalue weighted by Gasteiger charge is -2.27. The predicted octanol–water partition coefficient (Wildman–Crippen LogP) is 2.44. The van der Waals surface area contributed by atoms with Crippen LogP contribution in [0.2, 0.25) is 0 Å². The van der Waals surface area contributed by atoms with E-state index in [1.165, 1.54) is 42.6 Å². The van der Waals surface area contributed by atoms with E-state index in [1.54, 1.807) is 0 Å². The van der Waals surface area contributed by atoms with Gasteiger partial charge in [0, 0.05) is 30.9 Å². The zero-order valence-corrected chi connectivity index (χ0v) is 19.1. The summed E-state index contributed by atoms with van der Waals surface area (Å²) in [6.45, 7) is 2.11. The molecule has 16 heteroatoms. The zero-order chi connectivity index (χ0) is 25.8. The number of non-ortho nitro benzene ring substituents is 1. The Morgan fingerprint density at radius 1 is 0.946 bits per heavy atom. The molecule has 3 aromatic rings. The Morgan fingerprint density at radius 3 is 2.35 bits per heavy atom. The number of nitrogens with one attached hydrogen (secondary N) is 2. The van der Waals surface area contributed by atoms with Gasteiger partial charge in [-0.25, -0.2) is 5.43 Å². The van der Waals surface area contributed by atoms with E-state index in [4.69, 9.17) is 14.2 Å². The van der Waals surface area contributed by atoms with E-state index in [0.29, 0.717) is 43.7 Å². The van der Waals surface area contributed by atoms with Crippen molar-refractivity contribution in [3.63, 3.8) is 0 Å². The van der Waals surface area contributed by atoms with Crippen LogP contribution in [0.4, 0.5) is 34.9 Å². The van der Waals surface area contributed by atoms with Crippen LogP contribution in [-0.4, -0.2) is 64.1 Å². The Balaban J connectivity index is 1.40. The first-order valence-electron chi connectivity index (χ1n) is 10.9. The minimum absolute atomic E-state index is 0.0228. The molecular weight excluding hydrogens is 490 g/mol. The molecule has 1 saturated heterocycles. The lowest BCUT2D eigenvalue weighted by atomic mass is 10.1. The van der Waals surface area contributed by atoms with Gasteiger partial charge in [0.15, 0.2) is 11.5 Å². The number of nitro groups is 2. The molecule has 0 amide bonds. The van der Waals surface area contributed by atoms with E-state index in [0.717, 1.165) is 0 Å². The predicted molar refractivity (Wildman–Crippen MR) is 130 cm³/mol. The summed E-state index contributed by atoms with van der Waals surface area (Å²) < 4.78 is 15.9. The van der Waals surface area contributed by atoms with Crippen LogP contribution in [0.15, 0.2) is 41.5 Å². The van der Waals surface area contributed by atoms with Gasteiger partial charge in [0.05, 0.1) is 40.9 Å². The van der Waals surface area contributed by atoms with Crippen molar-refractivity contribution in [2.45, 2.75) is 0 Å². The van der Waals surface area contributed by atoms with Gasteiger partial charge in [-0.05, 0) is 18.2 Å². The molecule has 0 aliphatic carbocycles. The summed E-state index contributed by atoms with van der Waals surface area (Å²) in [7, 11) is 0. The fourth-order valence-electron chi connectivity index (χ4n) is 3.54. The zero-order valence-electron chi connectivity index (χ0n) is 19.1. The van der Waals surface area contributed by atoms with Gasteiger partial charge in [-0.3, -0.25) is 20.2 Å². The molecule has 1 fully saturated rings. The first-order chi connectivity index (χ1) is 18.0. The van der Waals surface area contributed by atoms with Crippen LogP contribution in [0, 0.1) is 20.2 Å². The molecule has 5 rings (SSSR count). The SMILES string of the molecule is O=[N+]([O-])c1ccc(Nc2nc(N/N=C\c3cc4c(cc3[N+](=O)[O-])OCO4)nc(N3CCOCC3)n2)cc1. The van der Waals surface area contributed by atoms with Gasteiger partial charge in [-0.2, -0.15) is 20.1 Å². The number of nitro benzene ring substituents is 2. The lowest BCUT2D eigenvalue weighted by molar-refractivity contribution is -0.385. The summed E-state index contributed by atoms with van der Waals surface area (Å²) in [5, 5.41) is 29.5. The average molecular weight is 509 g/mol. The fourth-order valence-corrected chi connectivity index (χ4v) is 3.54. The molecule has 0 saturated carbocycles. The number of ether oxygens (including phenoxy) is 3. The van der Waals surface area contributed by atoms with Gasteiger partial charge in [0.1, 0.15) is 0 Å². The number of aromatic nitrogens is 3. The van der Waals surface area contributed by atoms with E-state index in [9.17, 15) is 20.2 Å². The third kappa shape index (κ3) is 5.43. The quantitative estimate of drug-likeness (QED) is 0.256. The van der Waals surface area contributed by atoms with Gasteiger partial charge in [-0.15, -0.1) is 0 Å². The van der Waals surface area contributed by atoms with E-state index < -0.39 is 9.85 Å². The number of rotatable bonds is 8. The number of anilines is 4. The molecular formula is C21H19N9O7. The minimum atomic E-state index is -0.547. The molecule has 0 unspecified atom stereocenters. The van der Waals surface area contributed by atoms with Crippen LogP contribution >= 0.6 is 0 Å². The number of morpholine rings is 1. The molecule has 0 radical (unpaired) electrons. The van der Waals surface area contributed by atoms with Gasteiger partial charge >= 0.3 is 0 Å². The Labute approximate surface area is 208 Å². The normalized spacial score (nSPS) is 14.5. The highest BCUT2D eigenvalue weighted by atomic mass is 16.7. The summed E-state index contributed by atoms with van der Waals surface area (Å²) >= 11 is 0. The van der Waals surface area contributed by atoms with E-state index in [-0.39, 0.29) is 41.4 Å². The molecule has 37 heavy (non-hydrogen) atoms. The molecule has 2 aliphatic rings. The first-order valence-corrected chi connectivity index (χ1v) is 10.9. The first kappa shape index (κ1) is 23.6. The van der Waals surface area contributed by atoms with E-state index in [1.807, 2.05) is 4.90 Å². The summed E-state index contributed by atoms with van der Waals surface area (Å²) in [4.78, 5) is 36.4. The number of hydrogen-bond donors (Lipinski definition) is 2. The third-order valence-electron chi connectivity index (χ3n) is 5.34. The standard InChI is InChI=1S/C21H19N9O7/c31-29(32)15-3-1-14(2-4-15)23-19-24-20(26-21(25-19)28-5-7-35-8-6-28)27-22-11-13-9-17-18(37-12-36-17)10-16(13)30(33)34/h1-4,9-11H,5-8,12H2,(H2,23,24,25,26,27)/b22-11-. The van der Waals surface area contributed by atoms with Crippen LogP contribution in [0.5, 0.6) is 11.5 Å². The van der Waals surface area contributed by atoms with Crippen molar-refractivity contribution >= 4 is 41.1 Å². The monoisotopic (exact) mass is 509 g/mol. The summed E-state index contributed by atoms with van der Waals surface area (Å²) in [5.41, 5.74) is 3.13. The third-order valence-corrected chi connectivity index (χ3v) is 5.34. The van der Waals surface area contributed by atoms with Gasteiger partial charge in [0.2, 0.25) is 24.6 Å². The van der Waals surface area contributed by atoms with Crippen molar-refractivity contribution < 1.29 is 24.1 Å². The molecule has 2 aliphatic heterocycles. The summed E-state index contributed by atoms with van der Waals surface area (Å²) in [5.74, 6) is 1.25. The van der Waals surface area contributed by atoms with Crippen molar-refractivity contribution in [3.05, 3.63) is 62.2 Å². The highest BCUT2D eigenvalue weighted by Gasteiger charge is 2.23. The lowest BCUT2D eigenvalue weighted by Crippen LogP contribution is -2.37. The van der Waals surface area contributed by atoms with Crippen molar-refractivity contribution in [3.8, 4) is 11.5 Å². The van der Waals surface area contributed by atoms with Crippen LogP contribution in [0.3, 0.4) is 0 Å². The Hall–Kier alpha value is -5.12. The summed E-state index contributed by atoms with van der Waals surface area (Å²) in [6.07, 6.45) is 1.25. The minimum Gasteiger partial charge on any atom is -0.454 e. The van der Waals surface area contributed by atoms with Crippen LogP contribution in [0.1, 0.15) is 5.56 Å².